The molecule has 0 aliphatic carbocycles. The second kappa shape index (κ2) is 10.3. The summed E-state index contributed by atoms with van der Waals surface area (Å²) >= 11 is 0. The number of nitrogens with one attached hydrogen (secondary N) is 1. The number of amides is 3. The summed E-state index contributed by atoms with van der Waals surface area (Å²) in [6, 6.07) is 16.4. The number of carbonyl (C=O) groups is 3. The van der Waals surface area contributed by atoms with Crippen LogP contribution in [0.2, 0.25) is 0 Å². The molecule has 2 aliphatic heterocycles. The van der Waals surface area contributed by atoms with Crippen LogP contribution in [0.4, 0.5) is 5.69 Å². The van der Waals surface area contributed by atoms with E-state index in [4.69, 9.17) is 4.74 Å². The van der Waals surface area contributed by atoms with Crippen LogP contribution in [0, 0.1) is 5.92 Å². The maximum atomic E-state index is 12.7. The van der Waals surface area contributed by atoms with Crippen molar-refractivity contribution in [2.24, 2.45) is 5.92 Å². The third kappa shape index (κ3) is 5.46. The predicted molar refractivity (Wildman–Crippen MR) is 121 cm³/mol. The lowest BCUT2D eigenvalue weighted by atomic mass is 9.95. The Bertz CT molecular complexity index is 931. The van der Waals surface area contributed by atoms with E-state index in [-0.39, 0.29) is 30.2 Å². The number of rotatable bonds is 6. The molecule has 2 saturated heterocycles. The zero-order valence-corrected chi connectivity index (χ0v) is 18.2. The van der Waals surface area contributed by atoms with Crippen molar-refractivity contribution >= 4 is 23.4 Å². The maximum absolute atomic E-state index is 12.7. The number of hydrogen-bond donors (Lipinski definition) is 1. The van der Waals surface area contributed by atoms with Gasteiger partial charge in [0.1, 0.15) is 5.75 Å². The highest BCUT2D eigenvalue weighted by atomic mass is 16.5. The van der Waals surface area contributed by atoms with Crippen molar-refractivity contribution in [3.8, 4) is 5.75 Å². The summed E-state index contributed by atoms with van der Waals surface area (Å²) in [6.07, 6.45) is 3.36. The van der Waals surface area contributed by atoms with E-state index in [9.17, 15) is 14.4 Å². The second-order valence-corrected chi connectivity index (χ2v) is 8.32. The Morgan fingerprint density at radius 1 is 0.844 bits per heavy atom. The lowest BCUT2D eigenvalue weighted by Gasteiger charge is -2.31. The largest absolute Gasteiger partial charge is 0.484 e. The van der Waals surface area contributed by atoms with Crippen LogP contribution in [-0.4, -0.2) is 60.3 Å². The molecule has 0 bridgehead atoms. The van der Waals surface area contributed by atoms with Gasteiger partial charge in [-0.2, -0.15) is 0 Å². The SMILES string of the molecule is O=C(Nc1ccc(C(=O)N2CCCC2)cc1)C1CCN(C(=O)COc2ccccc2)CC1. The molecule has 2 aliphatic rings. The van der Waals surface area contributed by atoms with E-state index in [1.165, 1.54) is 0 Å². The van der Waals surface area contributed by atoms with Crippen LogP contribution in [0.25, 0.3) is 0 Å². The average Bonchev–Trinajstić information content (AvgIpc) is 3.38. The molecule has 0 unspecified atom stereocenters. The van der Waals surface area contributed by atoms with Gasteiger partial charge in [-0.15, -0.1) is 0 Å². The van der Waals surface area contributed by atoms with Crippen molar-refractivity contribution in [3.05, 3.63) is 60.2 Å². The molecule has 32 heavy (non-hydrogen) atoms. The Kier molecular flexibility index (Phi) is 7.04. The zero-order chi connectivity index (χ0) is 22.3. The first kappa shape index (κ1) is 21.9. The first-order valence-electron chi connectivity index (χ1n) is 11.3. The normalized spacial score (nSPS) is 16.6. The van der Waals surface area contributed by atoms with Gasteiger partial charge in [0.2, 0.25) is 5.91 Å². The van der Waals surface area contributed by atoms with Crippen molar-refractivity contribution < 1.29 is 19.1 Å². The Balaban J connectivity index is 1.22. The van der Waals surface area contributed by atoms with E-state index >= 15 is 0 Å². The number of nitrogens with zero attached hydrogens (tertiary/aromatic N) is 2. The molecule has 7 heteroatoms. The van der Waals surface area contributed by atoms with E-state index in [1.54, 1.807) is 29.2 Å². The minimum atomic E-state index is -0.139. The highest BCUT2D eigenvalue weighted by Gasteiger charge is 2.27. The molecule has 2 aromatic carbocycles. The van der Waals surface area contributed by atoms with E-state index in [0.29, 0.717) is 42.9 Å². The Morgan fingerprint density at radius 2 is 1.50 bits per heavy atom. The van der Waals surface area contributed by atoms with Crippen molar-refractivity contribution in [2.45, 2.75) is 25.7 Å². The molecule has 1 N–H and O–H groups in total. The number of para-hydroxylation sites is 1. The van der Waals surface area contributed by atoms with Gasteiger partial charge < -0.3 is 19.9 Å². The smallest absolute Gasteiger partial charge is 0.260 e. The summed E-state index contributed by atoms with van der Waals surface area (Å²) in [5.74, 6) is 0.471. The van der Waals surface area contributed by atoms with Crippen LogP contribution in [0.5, 0.6) is 5.75 Å². The van der Waals surface area contributed by atoms with Gasteiger partial charge in [-0.25, -0.2) is 0 Å². The molecule has 168 valence electrons. The Morgan fingerprint density at radius 3 is 2.16 bits per heavy atom. The van der Waals surface area contributed by atoms with E-state index in [1.807, 2.05) is 35.2 Å². The molecule has 2 fully saturated rings. The summed E-state index contributed by atoms with van der Waals surface area (Å²) in [5, 5.41) is 2.95. The van der Waals surface area contributed by atoms with E-state index in [2.05, 4.69) is 5.32 Å². The molecule has 0 aromatic heterocycles. The fourth-order valence-corrected chi connectivity index (χ4v) is 4.19. The average molecular weight is 436 g/mol. The number of anilines is 1. The van der Waals surface area contributed by atoms with Gasteiger partial charge in [-0.05, 0) is 62.1 Å². The van der Waals surface area contributed by atoms with Gasteiger partial charge in [-0.3, -0.25) is 14.4 Å². The third-order valence-electron chi connectivity index (χ3n) is 6.12. The van der Waals surface area contributed by atoms with Crippen LogP contribution in [0.3, 0.4) is 0 Å². The number of piperidine rings is 1. The van der Waals surface area contributed by atoms with Gasteiger partial charge in [0.15, 0.2) is 6.61 Å². The van der Waals surface area contributed by atoms with E-state index in [0.717, 1.165) is 25.9 Å². The lowest BCUT2D eigenvalue weighted by Crippen LogP contribution is -2.43. The molecule has 3 amide bonds. The van der Waals surface area contributed by atoms with Gasteiger partial charge >= 0.3 is 0 Å². The van der Waals surface area contributed by atoms with Crippen LogP contribution in [-0.2, 0) is 9.59 Å². The third-order valence-corrected chi connectivity index (χ3v) is 6.12. The van der Waals surface area contributed by atoms with Crippen LogP contribution >= 0.6 is 0 Å². The van der Waals surface area contributed by atoms with Crippen molar-refractivity contribution in [1.29, 1.82) is 0 Å². The fourth-order valence-electron chi connectivity index (χ4n) is 4.19. The predicted octanol–water partition coefficient (Wildman–Crippen LogP) is 3.18. The molecular formula is C25H29N3O4. The van der Waals surface area contributed by atoms with Gasteiger partial charge in [-0.1, -0.05) is 18.2 Å². The van der Waals surface area contributed by atoms with Crippen LogP contribution in [0.1, 0.15) is 36.0 Å². The van der Waals surface area contributed by atoms with E-state index < -0.39 is 0 Å². The van der Waals surface area contributed by atoms with Crippen LogP contribution in [0.15, 0.2) is 54.6 Å². The molecule has 2 heterocycles. The number of hydrogen-bond acceptors (Lipinski definition) is 4. The lowest BCUT2D eigenvalue weighted by molar-refractivity contribution is -0.136. The number of benzene rings is 2. The van der Waals surface area contributed by atoms with Gasteiger partial charge in [0, 0.05) is 43.3 Å². The number of carbonyl (C=O) groups excluding carboxylic acids is 3. The highest BCUT2D eigenvalue weighted by Crippen LogP contribution is 2.21. The first-order chi connectivity index (χ1) is 15.6. The molecule has 0 radical (unpaired) electrons. The zero-order valence-electron chi connectivity index (χ0n) is 18.2. The van der Waals surface area contributed by atoms with Crippen LogP contribution < -0.4 is 10.1 Å². The van der Waals surface area contributed by atoms with Crippen molar-refractivity contribution in [2.75, 3.05) is 38.1 Å². The second-order valence-electron chi connectivity index (χ2n) is 8.32. The fraction of sp³-hybridized carbons (Fsp3) is 0.400. The molecular weight excluding hydrogens is 406 g/mol. The summed E-state index contributed by atoms with van der Waals surface area (Å²) in [6.45, 7) is 2.72. The minimum absolute atomic E-state index is 0.00335. The topological polar surface area (TPSA) is 79.0 Å². The standard InChI is InChI=1S/C25H29N3O4/c29-23(18-32-22-6-2-1-3-7-22)27-16-12-19(13-17-27)24(30)26-21-10-8-20(9-11-21)25(31)28-14-4-5-15-28/h1-3,6-11,19H,4-5,12-18H2,(H,26,30). The van der Waals surface area contributed by atoms with Gasteiger partial charge in [0.25, 0.3) is 11.8 Å². The molecule has 0 atom stereocenters. The Labute approximate surface area is 188 Å². The Hall–Kier alpha value is -3.35. The summed E-state index contributed by atoms with van der Waals surface area (Å²) < 4.78 is 5.54. The molecule has 7 nitrogen and oxygen atoms in total. The summed E-state index contributed by atoms with van der Waals surface area (Å²) in [7, 11) is 0. The highest BCUT2D eigenvalue weighted by molar-refractivity contribution is 5.96. The van der Waals surface area contributed by atoms with Crippen molar-refractivity contribution in [3.63, 3.8) is 0 Å². The maximum Gasteiger partial charge on any atom is 0.260 e. The molecule has 4 rings (SSSR count). The minimum Gasteiger partial charge on any atom is -0.484 e. The summed E-state index contributed by atoms with van der Waals surface area (Å²) in [4.78, 5) is 41.1. The first-order valence-corrected chi connectivity index (χ1v) is 11.3. The van der Waals surface area contributed by atoms with Gasteiger partial charge in [0.05, 0.1) is 0 Å². The monoisotopic (exact) mass is 435 g/mol. The molecule has 0 saturated carbocycles. The van der Waals surface area contributed by atoms with Crippen molar-refractivity contribution in [1.82, 2.24) is 9.80 Å². The molecule has 0 spiro atoms. The number of likely N-dealkylation sites (tertiary alicyclic amines) is 2. The number of ether oxygens (including phenoxy) is 1. The quantitative estimate of drug-likeness (QED) is 0.756. The summed E-state index contributed by atoms with van der Waals surface area (Å²) in [5.41, 5.74) is 1.33. The molecule has 2 aromatic rings.